The Morgan fingerprint density at radius 3 is 1.71 bits per heavy atom. The molecule has 0 amide bonds. The average molecular weight is 704 g/mol. The lowest BCUT2D eigenvalue weighted by molar-refractivity contribution is 0.492. The summed E-state index contributed by atoms with van der Waals surface area (Å²) in [5.74, 6) is 3.42. The molecule has 258 valence electrons. The van der Waals surface area contributed by atoms with Gasteiger partial charge in [-0.05, 0) is 63.0 Å². The molecule has 0 saturated heterocycles. The van der Waals surface area contributed by atoms with E-state index in [9.17, 15) is 0 Å². The normalized spacial score (nSPS) is 11.7. The van der Waals surface area contributed by atoms with Crippen molar-refractivity contribution in [3.63, 3.8) is 0 Å². The largest absolute Gasteiger partial charge is 0.455 e. The lowest BCUT2D eigenvalue weighted by Gasteiger charge is -2.18. The molecule has 0 N–H and O–H groups in total. The van der Waals surface area contributed by atoms with Crippen molar-refractivity contribution in [2.24, 2.45) is 0 Å². The Bertz CT molecular complexity index is 2900. The van der Waals surface area contributed by atoms with Gasteiger partial charge in [0.25, 0.3) is 0 Å². The van der Waals surface area contributed by atoms with Gasteiger partial charge in [-0.1, -0.05) is 176 Å². The molecule has 0 bridgehead atoms. The number of rotatable bonds is 4. The number of nitrogens with zero attached hydrogens (tertiary/aromatic N) is 3. The van der Waals surface area contributed by atoms with Gasteiger partial charge in [0.2, 0.25) is 0 Å². The Morgan fingerprint density at radius 2 is 0.909 bits per heavy atom. The van der Waals surface area contributed by atoms with Crippen molar-refractivity contribution in [1.82, 2.24) is 15.0 Å². The van der Waals surface area contributed by atoms with Gasteiger partial charge >= 0.3 is 0 Å². The van der Waals surface area contributed by atoms with E-state index in [2.05, 4.69) is 158 Å². The molecule has 4 nitrogen and oxygen atoms in total. The highest BCUT2D eigenvalue weighted by molar-refractivity contribution is 5.99. The van der Waals surface area contributed by atoms with Crippen LogP contribution in [0.1, 0.15) is 11.1 Å². The summed E-state index contributed by atoms with van der Waals surface area (Å²) in [6.07, 6.45) is 4.40. The van der Waals surface area contributed by atoms with Crippen molar-refractivity contribution < 1.29 is 4.74 Å². The maximum atomic E-state index is 7.08. The summed E-state index contributed by atoms with van der Waals surface area (Å²) in [6, 6.07) is 64.9. The van der Waals surface area contributed by atoms with Crippen LogP contribution >= 0.6 is 0 Å². The summed E-state index contributed by atoms with van der Waals surface area (Å²) in [6.45, 7) is 0. The van der Waals surface area contributed by atoms with Crippen molar-refractivity contribution in [2.45, 2.75) is 0 Å². The Kier molecular flexibility index (Phi) is 8.12. The zero-order chi connectivity index (χ0) is 36.6. The third-order valence-corrected chi connectivity index (χ3v) is 10.2. The van der Waals surface area contributed by atoms with Crippen LogP contribution in [0.25, 0.3) is 90.5 Å². The fourth-order valence-electron chi connectivity index (χ4n) is 7.41. The van der Waals surface area contributed by atoms with Crippen molar-refractivity contribution >= 4 is 22.9 Å². The van der Waals surface area contributed by atoms with E-state index in [0.29, 0.717) is 17.5 Å². The molecule has 1 aromatic heterocycles. The first kappa shape index (κ1) is 32.2. The summed E-state index contributed by atoms with van der Waals surface area (Å²) in [5, 5.41) is 2.14. The highest BCUT2D eigenvalue weighted by Gasteiger charge is 2.20. The molecule has 0 aliphatic carbocycles. The van der Waals surface area contributed by atoms with Crippen molar-refractivity contribution in [1.29, 1.82) is 0 Å². The summed E-state index contributed by atoms with van der Waals surface area (Å²) in [5.41, 5.74) is 11.3. The molecular weight excluding hydrogens is 671 g/mol. The number of hydrogen-bond donors (Lipinski definition) is 0. The summed E-state index contributed by atoms with van der Waals surface area (Å²) < 4.78 is 7.08. The Labute approximate surface area is 319 Å². The van der Waals surface area contributed by atoms with Crippen LogP contribution < -0.4 is 4.74 Å². The van der Waals surface area contributed by atoms with Crippen molar-refractivity contribution in [3.8, 4) is 79.0 Å². The molecule has 8 aromatic carbocycles. The van der Waals surface area contributed by atoms with Crippen LogP contribution in [-0.4, -0.2) is 15.0 Å². The Morgan fingerprint density at radius 1 is 0.327 bits per heavy atom. The Balaban J connectivity index is 1.20. The molecule has 1 aliphatic rings. The number of aromatic nitrogens is 3. The fourth-order valence-corrected chi connectivity index (χ4v) is 7.41. The topological polar surface area (TPSA) is 47.9 Å². The van der Waals surface area contributed by atoms with Crippen LogP contribution in [-0.2, 0) is 0 Å². The van der Waals surface area contributed by atoms with Gasteiger partial charge in [-0.2, -0.15) is 0 Å². The van der Waals surface area contributed by atoms with Crippen LogP contribution in [0.3, 0.4) is 0 Å². The van der Waals surface area contributed by atoms with Gasteiger partial charge in [0.15, 0.2) is 17.5 Å². The maximum Gasteiger partial charge on any atom is 0.164 e. The number of fused-ring (bicyclic) bond motifs is 8. The molecule has 0 unspecified atom stereocenters. The fraction of sp³-hybridized carbons (Fsp3) is 0. The first-order valence-corrected chi connectivity index (χ1v) is 18.4. The second-order valence-electron chi connectivity index (χ2n) is 13.6. The van der Waals surface area contributed by atoms with Gasteiger partial charge in [-0.15, -0.1) is 0 Å². The lowest BCUT2D eigenvalue weighted by Crippen LogP contribution is -2.01. The molecule has 0 saturated carbocycles. The van der Waals surface area contributed by atoms with E-state index in [1.807, 2.05) is 42.5 Å². The van der Waals surface area contributed by atoms with Crippen LogP contribution in [0.2, 0.25) is 0 Å². The third kappa shape index (κ3) is 6.16. The highest BCUT2D eigenvalue weighted by Crippen LogP contribution is 2.45. The Hall–Kier alpha value is -7.43. The second kappa shape index (κ2) is 13.8. The molecule has 0 radical (unpaired) electrons. The van der Waals surface area contributed by atoms with Gasteiger partial charge in [0.1, 0.15) is 11.5 Å². The average Bonchev–Trinajstić information content (AvgIpc) is 3.28. The van der Waals surface area contributed by atoms with Crippen LogP contribution in [0.15, 0.2) is 188 Å². The number of para-hydroxylation sites is 1. The second-order valence-corrected chi connectivity index (χ2v) is 13.6. The van der Waals surface area contributed by atoms with E-state index in [1.165, 1.54) is 0 Å². The molecule has 1 aliphatic heterocycles. The molecule has 4 heteroatoms. The number of hydrogen-bond acceptors (Lipinski definition) is 4. The highest BCUT2D eigenvalue weighted by atomic mass is 16.5. The molecule has 10 rings (SSSR count). The first-order valence-electron chi connectivity index (χ1n) is 18.4. The van der Waals surface area contributed by atoms with Crippen LogP contribution in [0.4, 0.5) is 0 Å². The van der Waals surface area contributed by atoms with E-state index in [1.54, 1.807) is 0 Å². The smallest absolute Gasteiger partial charge is 0.164 e. The van der Waals surface area contributed by atoms with E-state index < -0.39 is 0 Å². The van der Waals surface area contributed by atoms with E-state index >= 15 is 0 Å². The number of benzene rings is 8. The zero-order valence-corrected chi connectivity index (χ0v) is 29.8. The summed E-state index contributed by atoms with van der Waals surface area (Å²) in [4.78, 5) is 15.3. The number of ether oxygens (including phenoxy) is 1. The SMILES string of the molecule is C1=Cc2ccc(-c3nc(-c4ccccc4)nc(-c4cccc(-c5ccccc5)c4)n3)cc2-c2ccc3ccccc3c2Oc2ccccc2-c2ccccc21. The molecule has 0 fully saturated rings. The predicted octanol–water partition coefficient (Wildman–Crippen LogP) is 13.3. The van der Waals surface area contributed by atoms with Crippen molar-refractivity contribution in [3.05, 3.63) is 199 Å². The van der Waals surface area contributed by atoms with Crippen molar-refractivity contribution in [2.75, 3.05) is 0 Å². The van der Waals surface area contributed by atoms with E-state index in [0.717, 1.165) is 83.5 Å². The zero-order valence-electron chi connectivity index (χ0n) is 29.8. The monoisotopic (exact) mass is 703 g/mol. The van der Waals surface area contributed by atoms with Gasteiger partial charge < -0.3 is 4.74 Å². The molecule has 0 atom stereocenters. The van der Waals surface area contributed by atoms with Crippen LogP contribution in [0, 0.1) is 0 Å². The van der Waals surface area contributed by atoms with Gasteiger partial charge in [0.05, 0.1) is 0 Å². The lowest BCUT2D eigenvalue weighted by atomic mass is 9.93. The van der Waals surface area contributed by atoms with Gasteiger partial charge in [-0.3, -0.25) is 0 Å². The van der Waals surface area contributed by atoms with E-state index in [-0.39, 0.29) is 0 Å². The standard InChI is InChI=1S/C51H33N3O/c1-3-14-34(15-4-1)39-20-13-21-40(32-39)50-52-49(38-18-5-2-6-19-38)53-51(54-50)41-29-28-37-27-26-35-16-7-9-22-42(35)44-24-11-12-25-47(44)55-48-43-23-10-8-17-36(43)30-31-45(48)46(37)33-41/h1-33H. The minimum absolute atomic E-state index is 0.592. The molecule has 55 heavy (non-hydrogen) atoms. The molecule has 0 spiro atoms. The minimum atomic E-state index is 0.592. The summed E-state index contributed by atoms with van der Waals surface area (Å²) in [7, 11) is 0. The quantitative estimate of drug-likeness (QED) is 0.183. The minimum Gasteiger partial charge on any atom is -0.455 e. The molecule has 2 heterocycles. The summed E-state index contributed by atoms with van der Waals surface area (Å²) >= 11 is 0. The van der Waals surface area contributed by atoms with Crippen LogP contribution in [0.5, 0.6) is 11.5 Å². The maximum absolute atomic E-state index is 7.08. The third-order valence-electron chi connectivity index (χ3n) is 10.2. The molecular formula is C51H33N3O. The van der Waals surface area contributed by atoms with E-state index in [4.69, 9.17) is 19.7 Å². The molecule has 9 aromatic rings. The predicted molar refractivity (Wildman–Crippen MR) is 225 cm³/mol. The van der Waals surface area contributed by atoms with Gasteiger partial charge in [0, 0.05) is 33.2 Å². The van der Waals surface area contributed by atoms with Gasteiger partial charge in [-0.25, -0.2) is 15.0 Å². The first-order chi connectivity index (χ1) is 27.2.